The second kappa shape index (κ2) is 4.79. The number of hydrogen-bond acceptors (Lipinski definition) is 4. The quantitative estimate of drug-likeness (QED) is 0.728. The SMILES string of the molecule is CN1CCOC(c2nc(Cl)c(F)c(Cl)n2)C1. The van der Waals surface area contributed by atoms with Crippen molar-refractivity contribution in [3.05, 3.63) is 21.9 Å². The van der Waals surface area contributed by atoms with Crippen LogP contribution in [0.4, 0.5) is 4.39 Å². The van der Waals surface area contributed by atoms with E-state index in [9.17, 15) is 4.39 Å². The van der Waals surface area contributed by atoms with E-state index in [0.29, 0.717) is 19.0 Å². The molecule has 88 valence electrons. The minimum Gasteiger partial charge on any atom is -0.368 e. The Balaban J connectivity index is 2.26. The van der Waals surface area contributed by atoms with Crippen molar-refractivity contribution in [2.45, 2.75) is 6.10 Å². The van der Waals surface area contributed by atoms with Gasteiger partial charge in [0, 0.05) is 13.1 Å². The predicted octanol–water partition coefficient (Wildman–Crippen LogP) is 1.93. The summed E-state index contributed by atoms with van der Waals surface area (Å²) in [5.41, 5.74) is 0. The predicted molar refractivity (Wildman–Crippen MR) is 58.2 cm³/mol. The Labute approximate surface area is 102 Å². The van der Waals surface area contributed by atoms with Gasteiger partial charge in [-0.3, -0.25) is 0 Å². The van der Waals surface area contributed by atoms with Gasteiger partial charge in [0.2, 0.25) is 0 Å². The molecular weight excluding hydrogens is 256 g/mol. The van der Waals surface area contributed by atoms with Crippen molar-refractivity contribution in [2.75, 3.05) is 26.7 Å². The lowest BCUT2D eigenvalue weighted by Crippen LogP contribution is -2.36. The summed E-state index contributed by atoms with van der Waals surface area (Å²) in [5.74, 6) is -0.473. The van der Waals surface area contributed by atoms with E-state index >= 15 is 0 Å². The number of morpholine rings is 1. The summed E-state index contributed by atoms with van der Waals surface area (Å²) >= 11 is 11.2. The molecule has 2 heterocycles. The van der Waals surface area contributed by atoms with Gasteiger partial charge in [-0.2, -0.15) is 0 Å². The van der Waals surface area contributed by atoms with E-state index < -0.39 is 5.82 Å². The van der Waals surface area contributed by atoms with Gasteiger partial charge in [-0.1, -0.05) is 23.2 Å². The van der Waals surface area contributed by atoms with Crippen molar-refractivity contribution < 1.29 is 9.13 Å². The molecule has 16 heavy (non-hydrogen) atoms. The van der Waals surface area contributed by atoms with Crippen LogP contribution in [0.5, 0.6) is 0 Å². The van der Waals surface area contributed by atoms with Gasteiger partial charge in [-0.05, 0) is 7.05 Å². The van der Waals surface area contributed by atoms with Crippen LogP contribution < -0.4 is 0 Å². The van der Waals surface area contributed by atoms with Crippen LogP contribution in [0.25, 0.3) is 0 Å². The van der Waals surface area contributed by atoms with Gasteiger partial charge >= 0.3 is 0 Å². The number of halogens is 3. The topological polar surface area (TPSA) is 38.2 Å². The van der Waals surface area contributed by atoms with E-state index in [-0.39, 0.29) is 16.4 Å². The van der Waals surface area contributed by atoms with Crippen LogP contribution in [0.15, 0.2) is 0 Å². The fourth-order valence-corrected chi connectivity index (χ4v) is 1.89. The highest BCUT2D eigenvalue weighted by atomic mass is 35.5. The normalized spacial score (nSPS) is 22.4. The summed E-state index contributed by atoms with van der Waals surface area (Å²) in [7, 11) is 1.96. The van der Waals surface area contributed by atoms with Crippen LogP contribution >= 0.6 is 23.2 Å². The van der Waals surface area contributed by atoms with Crippen LogP contribution in [0, 0.1) is 5.82 Å². The minimum absolute atomic E-state index is 0.271. The molecule has 1 fully saturated rings. The molecule has 2 rings (SSSR count). The second-order valence-corrected chi connectivity index (χ2v) is 4.32. The van der Waals surface area contributed by atoms with Crippen LogP contribution in [-0.4, -0.2) is 41.6 Å². The van der Waals surface area contributed by atoms with Gasteiger partial charge in [0.15, 0.2) is 21.9 Å². The average molecular weight is 266 g/mol. The van der Waals surface area contributed by atoms with E-state index in [1.165, 1.54) is 0 Å². The number of likely N-dealkylation sites (N-methyl/N-ethyl adjacent to an activating group) is 1. The van der Waals surface area contributed by atoms with Crippen molar-refractivity contribution >= 4 is 23.2 Å². The van der Waals surface area contributed by atoms with Gasteiger partial charge < -0.3 is 9.64 Å². The summed E-state index contributed by atoms with van der Waals surface area (Å²) in [5, 5.41) is -0.543. The molecule has 1 aliphatic heterocycles. The first kappa shape index (κ1) is 12.0. The Morgan fingerprint density at radius 2 is 2.00 bits per heavy atom. The molecular formula is C9H10Cl2FN3O. The molecule has 0 spiro atoms. The summed E-state index contributed by atoms with van der Waals surface area (Å²) in [6.07, 6.45) is -0.311. The zero-order valence-corrected chi connectivity index (χ0v) is 10.1. The molecule has 0 amide bonds. The Bertz CT molecular complexity index is 381. The van der Waals surface area contributed by atoms with Crippen molar-refractivity contribution in [1.82, 2.24) is 14.9 Å². The molecule has 4 nitrogen and oxygen atoms in total. The van der Waals surface area contributed by atoms with Crippen molar-refractivity contribution in [2.24, 2.45) is 0 Å². The average Bonchev–Trinajstić information content (AvgIpc) is 2.25. The van der Waals surface area contributed by atoms with Crippen molar-refractivity contribution in [1.29, 1.82) is 0 Å². The van der Waals surface area contributed by atoms with Crippen LogP contribution in [0.3, 0.4) is 0 Å². The summed E-state index contributed by atoms with van der Waals surface area (Å²) < 4.78 is 18.6. The van der Waals surface area contributed by atoms with Gasteiger partial charge in [-0.15, -0.1) is 0 Å². The first-order valence-corrected chi connectivity index (χ1v) is 5.52. The maximum atomic E-state index is 13.1. The first-order chi connectivity index (χ1) is 7.58. The largest absolute Gasteiger partial charge is 0.368 e. The molecule has 0 aliphatic carbocycles. The van der Waals surface area contributed by atoms with E-state index in [1.807, 2.05) is 7.05 Å². The third-order valence-corrected chi connectivity index (χ3v) is 2.85. The molecule has 1 aromatic heterocycles. The molecule has 0 bridgehead atoms. The number of ether oxygens (including phenoxy) is 1. The molecule has 0 N–H and O–H groups in total. The van der Waals surface area contributed by atoms with Gasteiger partial charge in [0.1, 0.15) is 6.10 Å². The zero-order chi connectivity index (χ0) is 11.7. The highest BCUT2D eigenvalue weighted by Crippen LogP contribution is 2.24. The summed E-state index contributed by atoms with van der Waals surface area (Å²) in [4.78, 5) is 9.74. The molecule has 0 aromatic carbocycles. The minimum atomic E-state index is -0.795. The highest BCUT2D eigenvalue weighted by molar-refractivity contribution is 6.33. The summed E-state index contributed by atoms with van der Waals surface area (Å²) in [6, 6.07) is 0. The van der Waals surface area contributed by atoms with Crippen molar-refractivity contribution in [3.8, 4) is 0 Å². The standard InChI is InChI=1S/C9H10Cl2FN3O/c1-15-2-3-16-5(4-15)9-13-7(10)6(12)8(11)14-9/h5H,2-4H2,1H3. The zero-order valence-electron chi connectivity index (χ0n) is 8.58. The molecule has 7 heteroatoms. The maximum Gasteiger partial charge on any atom is 0.197 e. The molecule has 1 atom stereocenters. The van der Waals surface area contributed by atoms with Gasteiger partial charge in [-0.25, -0.2) is 14.4 Å². The number of hydrogen-bond donors (Lipinski definition) is 0. The maximum absolute atomic E-state index is 13.1. The monoisotopic (exact) mass is 265 g/mol. The van der Waals surface area contributed by atoms with Crippen LogP contribution in [0.1, 0.15) is 11.9 Å². The molecule has 1 aromatic rings. The fraction of sp³-hybridized carbons (Fsp3) is 0.556. The van der Waals surface area contributed by atoms with Crippen molar-refractivity contribution in [3.63, 3.8) is 0 Å². The molecule has 1 aliphatic rings. The molecule has 1 saturated heterocycles. The Hall–Kier alpha value is -0.490. The lowest BCUT2D eigenvalue weighted by atomic mass is 10.2. The lowest BCUT2D eigenvalue weighted by molar-refractivity contribution is -0.0255. The smallest absolute Gasteiger partial charge is 0.197 e. The molecule has 0 radical (unpaired) electrons. The third-order valence-electron chi connectivity index (χ3n) is 2.35. The van der Waals surface area contributed by atoms with E-state index in [0.717, 1.165) is 6.54 Å². The van der Waals surface area contributed by atoms with E-state index in [2.05, 4.69) is 14.9 Å². The molecule has 1 unspecified atom stereocenters. The van der Waals surface area contributed by atoms with E-state index in [1.54, 1.807) is 0 Å². The second-order valence-electron chi connectivity index (χ2n) is 3.60. The van der Waals surface area contributed by atoms with Crippen LogP contribution in [0.2, 0.25) is 10.3 Å². The Kier molecular flexibility index (Phi) is 3.59. The first-order valence-electron chi connectivity index (χ1n) is 4.76. The highest BCUT2D eigenvalue weighted by Gasteiger charge is 2.24. The third kappa shape index (κ3) is 2.43. The van der Waals surface area contributed by atoms with Gasteiger partial charge in [0.25, 0.3) is 0 Å². The van der Waals surface area contributed by atoms with E-state index in [4.69, 9.17) is 27.9 Å². The summed E-state index contributed by atoms with van der Waals surface area (Å²) in [6.45, 7) is 2.06. The Morgan fingerprint density at radius 1 is 1.38 bits per heavy atom. The van der Waals surface area contributed by atoms with Gasteiger partial charge in [0.05, 0.1) is 6.61 Å². The number of nitrogens with zero attached hydrogens (tertiary/aromatic N) is 3. The lowest BCUT2D eigenvalue weighted by Gasteiger charge is -2.29. The number of aromatic nitrogens is 2. The Morgan fingerprint density at radius 3 is 2.56 bits per heavy atom. The molecule has 0 saturated carbocycles. The van der Waals surface area contributed by atoms with Crippen LogP contribution in [-0.2, 0) is 4.74 Å². The number of rotatable bonds is 1. The fourth-order valence-electron chi connectivity index (χ4n) is 1.49.